The molecule has 0 unspecified atom stereocenters. The number of hydrogen-bond donors (Lipinski definition) is 0. The van der Waals surface area contributed by atoms with Crippen LogP contribution in [0.25, 0.3) is 0 Å². The van der Waals surface area contributed by atoms with Crippen molar-refractivity contribution in [3.63, 3.8) is 0 Å². The van der Waals surface area contributed by atoms with Crippen LogP contribution in [0.3, 0.4) is 0 Å². The van der Waals surface area contributed by atoms with Crippen LogP contribution in [0.15, 0.2) is 29.2 Å². The van der Waals surface area contributed by atoms with E-state index in [0.29, 0.717) is 0 Å². The fourth-order valence-electron chi connectivity index (χ4n) is 1.27. The van der Waals surface area contributed by atoms with E-state index in [0.717, 1.165) is 12.1 Å². The first-order chi connectivity index (χ1) is 7.95. The fraction of sp³-hybridized carbons (Fsp3) is 0.364. The zero-order valence-corrected chi connectivity index (χ0v) is 10.2. The van der Waals surface area contributed by atoms with Gasteiger partial charge in [0.2, 0.25) is 0 Å². The maximum absolute atomic E-state index is 12.6. The lowest BCUT2D eigenvalue weighted by Gasteiger charge is -2.03. The van der Waals surface area contributed by atoms with E-state index < -0.39 is 21.6 Å². The summed E-state index contributed by atoms with van der Waals surface area (Å²) in [5.41, 5.74) is 0. The summed E-state index contributed by atoms with van der Waals surface area (Å²) in [7, 11) is -2.21. The largest absolute Gasteiger partial charge is 0.469 e. The highest BCUT2D eigenvalue weighted by molar-refractivity contribution is 7.91. The highest BCUT2D eigenvalue weighted by Gasteiger charge is 2.14. The van der Waals surface area contributed by atoms with Crippen LogP contribution >= 0.6 is 0 Å². The van der Waals surface area contributed by atoms with Crippen molar-refractivity contribution in [1.29, 1.82) is 0 Å². The third-order valence-corrected chi connectivity index (χ3v) is 4.01. The minimum absolute atomic E-state index is 0.0525. The van der Waals surface area contributed by atoms with Crippen LogP contribution in [-0.2, 0) is 19.4 Å². The van der Waals surface area contributed by atoms with Gasteiger partial charge in [0.25, 0.3) is 0 Å². The van der Waals surface area contributed by atoms with Crippen molar-refractivity contribution in [2.24, 2.45) is 0 Å². The molecule has 0 saturated carbocycles. The van der Waals surface area contributed by atoms with Crippen LogP contribution in [0.1, 0.15) is 12.8 Å². The lowest BCUT2D eigenvalue weighted by Crippen LogP contribution is -2.09. The Kier molecular flexibility index (Phi) is 4.62. The Labute approximate surface area is 99.3 Å². The van der Waals surface area contributed by atoms with E-state index in [1.54, 1.807) is 0 Å². The van der Waals surface area contributed by atoms with Crippen LogP contribution in [0.5, 0.6) is 0 Å². The van der Waals surface area contributed by atoms with Crippen molar-refractivity contribution in [2.45, 2.75) is 17.7 Å². The maximum Gasteiger partial charge on any atom is 0.305 e. The number of carbonyl (C=O) groups excluding carboxylic acids is 1. The second-order valence-corrected chi connectivity index (χ2v) is 5.56. The molecular formula is C11H13FO4S. The molecule has 0 bridgehead atoms. The van der Waals surface area contributed by atoms with Crippen molar-refractivity contribution >= 4 is 15.8 Å². The number of benzene rings is 1. The zero-order chi connectivity index (χ0) is 12.9. The number of methoxy groups -OCH3 is 1. The Balaban J connectivity index is 2.63. The molecule has 17 heavy (non-hydrogen) atoms. The Morgan fingerprint density at radius 2 is 1.88 bits per heavy atom. The van der Waals surface area contributed by atoms with E-state index in [1.165, 1.54) is 19.2 Å². The SMILES string of the molecule is COC(=O)CCCS(=O)(=O)c1ccc(F)cc1. The van der Waals surface area contributed by atoms with E-state index in [1.807, 2.05) is 0 Å². The van der Waals surface area contributed by atoms with Crippen molar-refractivity contribution in [3.05, 3.63) is 30.1 Å². The van der Waals surface area contributed by atoms with Crippen molar-refractivity contribution < 1.29 is 22.3 Å². The smallest absolute Gasteiger partial charge is 0.305 e. The second-order valence-electron chi connectivity index (χ2n) is 3.45. The van der Waals surface area contributed by atoms with Gasteiger partial charge in [0, 0.05) is 6.42 Å². The zero-order valence-electron chi connectivity index (χ0n) is 9.35. The summed E-state index contributed by atoms with van der Waals surface area (Å²) in [6, 6.07) is 4.60. The average Bonchev–Trinajstić information content (AvgIpc) is 2.29. The molecule has 1 rings (SSSR count). The second kappa shape index (κ2) is 5.77. The summed E-state index contributed by atoms with van der Waals surface area (Å²) in [5.74, 6) is -1.09. The molecule has 0 aliphatic heterocycles. The van der Waals surface area contributed by atoms with E-state index >= 15 is 0 Å². The molecule has 1 aromatic rings. The van der Waals surface area contributed by atoms with Gasteiger partial charge >= 0.3 is 5.97 Å². The van der Waals surface area contributed by atoms with Crippen LogP contribution in [0.4, 0.5) is 4.39 Å². The summed E-state index contributed by atoms with van der Waals surface area (Å²) in [4.78, 5) is 10.9. The molecule has 0 fully saturated rings. The molecule has 0 aliphatic carbocycles. The van der Waals surface area contributed by atoms with Crippen molar-refractivity contribution in [1.82, 2.24) is 0 Å². The lowest BCUT2D eigenvalue weighted by molar-refractivity contribution is -0.140. The molecule has 0 spiro atoms. The Bertz CT molecular complexity index is 479. The molecule has 0 aromatic heterocycles. The quantitative estimate of drug-likeness (QED) is 0.595. The predicted octanol–water partition coefficient (Wildman–Crippen LogP) is 1.55. The molecule has 1 aromatic carbocycles. The van der Waals surface area contributed by atoms with Gasteiger partial charge in [-0.3, -0.25) is 4.79 Å². The van der Waals surface area contributed by atoms with Crippen LogP contribution < -0.4 is 0 Å². The molecule has 0 heterocycles. The third-order valence-electron chi connectivity index (χ3n) is 2.19. The number of ether oxygens (including phenoxy) is 1. The number of halogens is 1. The Hall–Kier alpha value is -1.43. The summed E-state index contributed by atoms with van der Waals surface area (Å²) >= 11 is 0. The minimum Gasteiger partial charge on any atom is -0.469 e. The number of sulfone groups is 1. The van der Waals surface area contributed by atoms with Gasteiger partial charge in [0.15, 0.2) is 9.84 Å². The minimum atomic E-state index is -3.46. The third kappa shape index (κ3) is 4.14. The van der Waals surface area contributed by atoms with Crippen LogP contribution in [0, 0.1) is 5.82 Å². The van der Waals surface area contributed by atoms with Gasteiger partial charge in [-0.25, -0.2) is 12.8 Å². The molecule has 94 valence electrons. The first kappa shape index (κ1) is 13.6. The number of carbonyl (C=O) groups is 1. The molecular weight excluding hydrogens is 247 g/mol. The summed E-state index contributed by atoms with van der Waals surface area (Å²) in [6.07, 6.45) is 0.239. The first-order valence-corrected chi connectivity index (χ1v) is 6.66. The fourth-order valence-corrected chi connectivity index (χ4v) is 2.58. The van der Waals surface area contributed by atoms with Gasteiger partial charge in [0.1, 0.15) is 5.82 Å². The highest BCUT2D eigenvalue weighted by Crippen LogP contribution is 2.13. The van der Waals surface area contributed by atoms with Crippen LogP contribution in [-0.4, -0.2) is 27.2 Å². The number of hydrogen-bond acceptors (Lipinski definition) is 4. The number of rotatable bonds is 5. The average molecular weight is 260 g/mol. The van der Waals surface area contributed by atoms with Gasteiger partial charge < -0.3 is 4.74 Å². The Morgan fingerprint density at radius 1 is 1.29 bits per heavy atom. The van der Waals surface area contributed by atoms with E-state index in [-0.39, 0.29) is 23.5 Å². The lowest BCUT2D eigenvalue weighted by atomic mass is 10.3. The van der Waals surface area contributed by atoms with Gasteiger partial charge in [-0.2, -0.15) is 0 Å². The maximum atomic E-state index is 12.6. The van der Waals surface area contributed by atoms with Crippen molar-refractivity contribution in [2.75, 3.05) is 12.9 Å². The normalized spacial score (nSPS) is 11.2. The summed E-state index contributed by atoms with van der Waals surface area (Å²) < 4.78 is 40.5. The molecule has 0 radical (unpaired) electrons. The van der Waals surface area contributed by atoms with Gasteiger partial charge in [-0.05, 0) is 30.7 Å². The van der Waals surface area contributed by atoms with E-state index in [4.69, 9.17) is 0 Å². The van der Waals surface area contributed by atoms with Crippen molar-refractivity contribution in [3.8, 4) is 0 Å². The molecule has 0 aliphatic rings. The van der Waals surface area contributed by atoms with Crippen LogP contribution in [0.2, 0.25) is 0 Å². The van der Waals surface area contributed by atoms with E-state index in [9.17, 15) is 17.6 Å². The van der Waals surface area contributed by atoms with Gasteiger partial charge in [-0.15, -0.1) is 0 Å². The van der Waals surface area contributed by atoms with Gasteiger partial charge in [-0.1, -0.05) is 0 Å². The first-order valence-electron chi connectivity index (χ1n) is 5.01. The molecule has 0 N–H and O–H groups in total. The highest BCUT2D eigenvalue weighted by atomic mass is 32.2. The van der Waals surface area contributed by atoms with Gasteiger partial charge in [0.05, 0.1) is 17.8 Å². The summed E-state index contributed by atoms with van der Waals surface area (Å²) in [5, 5.41) is 0. The molecule has 6 heteroatoms. The summed E-state index contributed by atoms with van der Waals surface area (Å²) in [6.45, 7) is 0. The van der Waals surface area contributed by atoms with E-state index in [2.05, 4.69) is 4.74 Å². The monoisotopic (exact) mass is 260 g/mol. The molecule has 4 nitrogen and oxygen atoms in total. The molecule has 0 amide bonds. The molecule has 0 atom stereocenters. The predicted molar refractivity (Wildman–Crippen MR) is 59.7 cm³/mol. The standard InChI is InChI=1S/C11H13FO4S/c1-16-11(13)3-2-8-17(14,15)10-6-4-9(12)5-7-10/h4-7H,2-3,8H2,1H3. The topological polar surface area (TPSA) is 60.4 Å². The Morgan fingerprint density at radius 3 is 2.41 bits per heavy atom. The number of esters is 1. The molecule has 0 saturated heterocycles.